The number of nitrogens with zero attached hydrogens (tertiary/aromatic N) is 1. The average Bonchev–Trinajstić information content (AvgIpc) is 2.32. The van der Waals surface area contributed by atoms with Crippen molar-refractivity contribution in [3.05, 3.63) is 29.6 Å². The fourth-order valence-electron chi connectivity index (χ4n) is 1.69. The fraction of sp³-hybridized carbons (Fsp3) is 0.500. The number of carbonyl (C=O) groups excluding carboxylic acids is 1. The van der Waals surface area contributed by atoms with Crippen molar-refractivity contribution in [3.63, 3.8) is 0 Å². The number of rotatable bonds is 6. The quantitative estimate of drug-likeness (QED) is 0.770. The van der Waals surface area contributed by atoms with Gasteiger partial charge in [0, 0.05) is 18.7 Å². The normalized spacial score (nSPS) is 11.1. The molecular formula is C14H22FN3O. The number of benzene rings is 1. The standard InChI is InChI=1S/C14H22FN3O/c1-10(2)7-17-13(19)9-18(3)8-11-5-4-6-12(16)14(11)15/h4-6,10H,7-9,16H2,1-3H3,(H,17,19). The van der Waals surface area contributed by atoms with Crippen LogP contribution in [0.1, 0.15) is 19.4 Å². The molecule has 0 fully saturated rings. The molecule has 4 nitrogen and oxygen atoms in total. The van der Waals surface area contributed by atoms with Crippen molar-refractivity contribution in [2.45, 2.75) is 20.4 Å². The van der Waals surface area contributed by atoms with Gasteiger partial charge in [-0.1, -0.05) is 26.0 Å². The summed E-state index contributed by atoms with van der Waals surface area (Å²) in [5, 5.41) is 2.83. The van der Waals surface area contributed by atoms with Crippen LogP contribution in [0.15, 0.2) is 18.2 Å². The van der Waals surface area contributed by atoms with Crippen LogP contribution < -0.4 is 11.1 Å². The summed E-state index contributed by atoms with van der Waals surface area (Å²) < 4.78 is 13.7. The monoisotopic (exact) mass is 267 g/mol. The molecule has 0 atom stereocenters. The van der Waals surface area contributed by atoms with Gasteiger partial charge in [0.25, 0.3) is 0 Å². The van der Waals surface area contributed by atoms with E-state index in [0.29, 0.717) is 24.6 Å². The predicted molar refractivity (Wildman–Crippen MR) is 75.0 cm³/mol. The van der Waals surface area contributed by atoms with Gasteiger partial charge in [-0.2, -0.15) is 0 Å². The first-order chi connectivity index (χ1) is 8.90. The molecule has 1 aromatic carbocycles. The van der Waals surface area contributed by atoms with Gasteiger partial charge in [0.05, 0.1) is 12.2 Å². The Kier molecular flexibility index (Phi) is 5.76. The molecule has 5 heteroatoms. The molecule has 0 aromatic heterocycles. The molecule has 0 spiro atoms. The third kappa shape index (κ3) is 5.26. The molecule has 0 unspecified atom stereocenters. The molecule has 1 amide bonds. The van der Waals surface area contributed by atoms with Crippen LogP contribution in [-0.2, 0) is 11.3 Å². The number of likely N-dealkylation sites (N-methyl/N-ethyl adjacent to an activating group) is 1. The second-order valence-electron chi connectivity index (χ2n) is 5.19. The summed E-state index contributed by atoms with van der Waals surface area (Å²) in [6.45, 7) is 5.31. The van der Waals surface area contributed by atoms with Crippen LogP contribution >= 0.6 is 0 Å². The zero-order valence-electron chi connectivity index (χ0n) is 11.7. The van der Waals surface area contributed by atoms with E-state index in [1.165, 1.54) is 6.07 Å². The van der Waals surface area contributed by atoms with Crippen molar-refractivity contribution < 1.29 is 9.18 Å². The number of halogens is 1. The van der Waals surface area contributed by atoms with Gasteiger partial charge >= 0.3 is 0 Å². The van der Waals surface area contributed by atoms with Crippen molar-refractivity contribution in [3.8, 4) is 0 Å². The second kappa shape index (κ2) is 7.09. The van der Waals surface area contributed by atoms with E-state index in [-0.39, 0.29) is 18.1 Å². The maximum Gasteiger partial charge on any atom is 0.234 e. The smallest absolute Gasteiger partial charge is 0.234 e. The second-order valence-corrected chi connectivity index (χ2v) is 5.19. The van der Waals surface area contributed by atoms with E-state index >= 15 is 0 Å². The number of nitrogens with two attached hydrogens (primary N) is 1. The Morgan fingerprint density at radius 1 is 1.47 bits per heavy atom. The summed E-state index contributed by atoms with van der Waals surface area (Å²) in [7, 11) is 1.78. The maximum atomic E-state index is 13.7. The lowest BCUT2D eigenvalue weighted by atomic mass is 10.1. The molecule has 0 radical (unpaired) electrons. The summed E-state index contributed by atoms with van der Waals surface area (Å²) in [5.41, 5.74) is 6.14. The number of hydrogen-bond acceptors (Lipinski definition) is 3. The highest BCUT2D eigenvalue weighted by atomic mass is 19.1. The van der Waals surface area contributed by atoms with Crippen LogP contribution in [0.3, 0.4) is 0 Å². The van der Waals surface area contributed by atoms with E-state index in [0.717, 1.165) is 0 Å². The fourth-order valence-corrected chi connectivity index (χ4v) is 1.69. The molecule has 0 aliphatic rings. The van der Waals surface area contributed by atoms with E-state index in [1.807, 2.05) is 13.8 Å². The van der Waals surface area contributed by atoms with Crippen molar-refractivity contribution >= 4 is 11.6 Å². The minimum absolute atomic E-state index is 0.0551. The molecule has 0 saturated carbocycles. The lowest BCUT2D eigenvalue weighted by Gasteiger charge is -2.17. The number of amides is 1. The van der Waals surface area contributed by atoms with Gasteiger partial charge in [-0.05, 0) is 19.0 Å². The van der Waals surface area contributed by atoms with Crippen LogP contribution in [0.5, 0.6) is 0 Å². The summed E-state index contributed by atoms with van der Waals surface area (Å²) in [6, 6.07) is 4.91. The Balaban J connectivity index is 2.49. The van der Waals surface area contributed by atoms with E-state index < -0.39 is 5.82 Å². The van der Waals surface area contributed by atoms with Gasteiger partial charge in [-0.15, -0.1) is 0 Å². The molecule has 1 aromatic rings. The van der Waals surface area contributed by atoms with E-state index in [2.05, 4.69) is 5.32 Å². The van der Waals surface area contributed by atoms with Crippen molar-refractivity contribution in [1.29, 1.82) is 0 Å². The Hall–Kier alpha value is -1.62. The molecule has 0 aliphatic carbocycles. The average molecular weight is 267 g/mol. The first-order valence-electron chi connectivity index (χ1n) is 6.38. The topological polar surface area (TPSA) is 58.4 Å². The van der Waals surface area contributed by atoms with Gasteiger partial charge in [0.1, 0.15) is 0 Å². The molecule has 19 heavy (non-hydrogen) atoms. The Labute approximate surface area is 113 Å². The maximum absolute atomic E-state index is 13.7. The van der Waals surface area contributed by atoms with Gasteiger partial charge in [0.2, 0.25) is 5.91 Å². The molecule has 0 aliphatic heterocycles. The van der Waals surface area contributed by atoms with E-state index in [4.69, 9.17) is 5.73 Å². The Morgan fingerprint density at radius 2 is 2.16 bits per heavy atom. The first kappa shape index (κ1) is 15.4. The number of nitrogen functional groups attached to an aromatic ring is 1. The lowest BCUT2D eigenvalue weighted by molar-refractivity contribution is -0.122. The third-order valence-corrected chi connectivity index (χ3v) is 2.67. The van der Waals surface area contributed by atoms with Gasteiger partial charge in [0.15, 0.2) is 5.82 Å². The van der Waals surface area contributed by atoms with Crippen molar-refractivity contribution in [2.75, 3.05) is 25.9 Å². The molecule has 3 N–H and O–H groups in total. The highest BCUT2D eigenvalue weighted by Gasteiger charge is 2.11. The van der Waals surface area contributed by atoms with Gasteiger partial charge in [-0.25, -0.2) is 4.39 Å². The zero-order chi connectivity index (χ0) is 14.4. The lowest BCUT2D eigenvalue weighted by Crippen LogP contribution is -2.36. The summed E-state index contributed by atoms with van der Waals surface area (Å²) >= 11 is 0. The largest absolute Gasteiger partial charge is 0.396 e. The van der Waals surface area contributed by atoms with Crippen LogP contribution in [0.2, 0.25) is 0 Å². The van der Waals surface area contributed by atoms with Crippen LogP contribution in [-0.4, -0.2) is 30.9 Å². The minimum Gasteiger partial charge on any atom is -0.396 e. The molecule has 0 saturated heterocycles. The molecular weight excluding hydrogens is 245 g/mol. The van der Waals surface area contributed by atoms with Crippen molar-refractivity contribution in [1.82, 2.24) is 10.2 Å². The molecule has 0 heterocycles. The third-order valence-electron chi connectivity index (χ3n) is 2.67. The van der Waals surface area contributed by atoms with Crippen LogP contribution in [0.4, 0.5) is 10.1 Å². The number of nitrogens with one attached hydrogen (secondary N) is 1. The van der Waals surface area contributed by atoms with Gasteiger partial charge < -0.3 is 11.1 Å². The summed E-state index contributed by atoms with van der Waals surface area (Å²) in [6.07, 6.45) is 0. The summed E-state index contributed by atoms with van der Waals surface area (Å²) in [4.78, 5) is 13.4. The van der Waals surface area contributed by atoms with E-state index in [1.54, 1.807) is 24.1 Å². The SMILES string of the molecule is CC(C)CNC(=O)CN(C)Cc1cccc(N)c1F. The van der Waals surface area contributed by atoms with Crippen LogP contribution in [0, 0.1) is 11.7 Å². The van der Waals surface area contributed by atoms with Gasteiger partial charge in [-0.3, -0.25) is 9.69 Å². The van der Waals surface area contributed by atoms with Crippen molar-refractivity contribution in [2.24, 2.45) is 5.92 Å². The predicted octanol–water partition coefficient (Wildman–Crippen LogP) is 1.61. The zero-order valence-corrected chi connectivity index (χ0v) is 11.7. The Bertz CT molecular complexity index is 435. The number of carbonyl (C=O) groups is 1. The summed E-state index contributed by atoms with van der Waals surface area (Å²) in [5.74, 6) is -0.0435. The minimum atomic E-state index is -0.406. The molecule has 0 bridgehead atoms. The van der Waals surface area contributed by atoms with E-state index in [9.17, 15) is 9.18 Å². The first-order valence-corrected chi connectivity index (χ1v) is 6.38. The highest BCUT2D eigenvalue weighted by molar-refractivity contribution is 5.77. The Morgan fingerprint density at radius 3 is 2.79 bits per heavy atom. The molecule has 106 valence electrons. The van der Waals surface area contributed by atoms with Crippen LogP contribution in [0.25, 0.3) is 0 Å². The number of hydrogen-bond donors (Lipinski definition) is 2. The molecule has 1 rings (SSSR count). The highest BCUT2D eigenvalue weighted by Crippen LogP contribution is 2.15. The number of anilines is 1.